The number of hydrogen-bond acceptors (Lipinski definition) is 3. The summed E-state index contributed by atoms with van der Waals surface area (Å²) < 4.78 is 0. The molecule has 0 heterocycles. The lowest BCUT2D eigenvalue weighted by atomic mass is 10.0. The smallest absolute Gasteiger partial charge is 0.251 e. The molecular weight excluding hydrogens is 326 g/mol. The molecule has 0 bridgehead atoms. The minimum Gasteiger partial charge on any atom is -0.376 e. The summed E-state index contributed by atoms with van der Waals surface area (Å²) >= 11 is 0. The summed E-state index contributed by atoms with van der Waals surface area (Å²) in [6.07, 6.45) is 0.856. The van der Waals surface area contributed by atoms with Crippen molar-refractivity contribution in [3.8, 4) is 0 Å². The van der Waals surface area contributed by atoms with Gasteiger partial charge in [0, 0.05) is 22.5 Å². The Bertz CT molecular complexity index is 750. The number of benzene rings is 2. The first-order valence-electron chi connectivity index (χ1n) is 8.82. The van der Waals surface area contributed by atoms with E-state index in [1.807, 2.05) is 52.0 Å². The molecule has 2 aromatic rings. The molecule has 0 aliphatic rings. The second kappa shape index (κ2) is 8.52. The third kappa shape index (κ3) is 5.92. The maximum absolute atomic E-state index is 12.2. The summed E-state index contributed by atoms with van der Waals surface area (Å²) in [7, 11) is 0. The van der Waals surface area contributed by atoms with Crippen molar-refractivity contribution >= 4 is 23.2 Å². The summed E-state index contributed by atoms with van der Waals surface area (Å²) in [5.74, 6) is -0.221. The van der Waals surface area contributed by atoms with Gasteiger partial charge in [-0.3, -0.25) is 9.59 Å². The fourth-order valence-corrected chi connectivity index (χ4v) is 2.23. The number of aryl methyl sites for hydroxylation is 1. The standard InChI is InChI=1S/C21H27N3O2/c1-5-21(3,4)24-20(26)16-8-12-17(13-9-16)22-14-19(25)23-18-10-6-15(2)7-11-18/h6-13,22H,5,14H2,1-4H3,(H,23,25)(H,24,26). The number of nitrogens with one attached hydrogen (secondary N) is 3. The second-order valence-corrected chi connectivity index (χ2v) is 7.04. The van der Waals surface area contributed by atoms with Crippen molar-refractivity contribution in [1.29, 1.82) is 0 Å². The molecule has 2 amide bonds. The number of rotatable bonds is 7. The van der Waals surface area contributed by atoms with Gasteiger partial charge in [0.25, 0.3) is 5.91 Å². The molecule has 0 aliphatic heterocycles. The third-order valence-corrected chi connectivity index (χ3v) is 4.27. The van der Waals surface area contributed by atoms with Gasteiger partial charge in [-0.2, -0.15) is 0 Å². The van der Waals surface area contributed by atoms with Crippen LogP contribution in [0, 0.1) is 6.92 Å². The van der Waals surface area contributed by atoms with Gasteiger partial charge in [0.15, 0.2) is 0 Å². The number of amides is 2. The van der Waals surface area contributed by atoms with Gasteiger partial charge in [0.1, 0.15) is 0 Å². The van der Waals surface area contributed by atoms with Gasteiger partial charge in [-0.25, -0.2) is 0 Å². The van der Waals surface area contributed by atoms with E-state index in [-0.39, 0.29) is 23.9 Å². The Hall–Kier alpha value is -2.82. The third-order valence-electron chi connectivity index (χ3n) is 4.27. The van der Waals surface area contributed by atoms with Crippen LogP contribution in [0.2, 0.25) is 0 Å². The minimum absolute atomic E-state index is 0.0967. The monoisotopic (exact) mass is 353 g/mol. The quantitative estimate of drug-likeness (QED) is 0.705. The predicted octanol–water partition coefficient (Wildman–Crippen LogP) is 3.96. The van der Waals surface area contributed by atoms with Gasteiger partial charge in [-0.05, 0) is 63.6 Å². The Morgan fingerprint density at radius 2 is 1.50 bits per heavy atom. The van der Waals surface area contributed by atoms with Crippen LogP contribution in [-0.4, -0.2) is 23.9 Å². The van der Waals surface area contributed by atoms with Gasteiger partial charge in [0.2, 0.25) is 5.91 Å². The molecule has 0 fully saturated rings. The van der Waals surface area contributed by atoms with E-state index in [1.54, 1.807) is 24.3 Å². The maximum Gasteiger partial charge on any atom is 0.251 e. The van der Waals surface area contributed by atoms with Crippen LogP contribution in [0.4, 0.5) is 11.4 Å². The lowest BCUT2D eigenvalue weighted by molar-refractivity contribution is -0.114. The highest BCUT2D eigenvalue weighted by Gasteiger charge is 2.18. The molecule has 2 aromatic carbocycles. The molecule has 0 radical (unpaired) electrons. The van der Waals surface area contributed by atoms with Crippen molar-refractivity contribution in [2.75, 3.05) is 17.2 Å². The Labute approximate surface area is 155 Å². The van der Waals surface area contributed by atoms with Crippen molar-refractivity contribution in [1.82, 2.24) is 5.32 Å². The molecule has 0 unspecified atom stereocenters. The summed E-state index contributed by atoms with van der Waals surface area (Å²) in [6.45, 7) is 8.18. The van der Waals surface area contributed by atoms with E-state index >= 15 is 0 Å². The highest BCUT2D eigenvalue weighted by molar-refractivity contribution is 5.95. The molecule has 3 N–H and O–H groups in total. The zero-order chi connectivity index (χ0) is 19.2. The molecular formula is C21H27N3O2. The van der Waals surface area contributed by atoms with Gasteiger partial charge in [-0.15, -0.1) is 0 Å². The Kier molecular flexibility index (Phi) is 6.39. The van der Waals surface area contributed by atoms with Gasteiger partial charge >= 0.3 is 0 Å². The molecule has 138 valence electrons. The predicted molar refractivity (Wildman–Crippen MR) is 107 cm³/mol. The van der Waals surface area contributed by atoms with Crippen LogP contribution in [0.15, 0.2) is 48.5 Å². The topological polar surface area (TPSA) is 70.2 Å². The average molecular weight is 353 g/mol. The van der Waals surface area contributed by atoms with Crippen LogP contribution in [0.5, 0.6) is 0 Å². The summed E-state index contributed by atoms with van der Waals surface area (Å²) in [4.78, 5) is 24.2. The molecule has 5 heteroatoms. The minimum atomic E-state index is -0.234. The molecule has 0 saturated carbocycles. The zero-order valence-corrected chi connectivity index (χ0v) is 15.8. The van der Waals surface area contributed by atoms with Crippen LogP contribution in [-0.2, 0) is 4.79 Å². The maximum atomic E-state index is 12.2. The normalized spacial score (nSPS) is 10.9. The number of carbonyl (C=O) groups is 2. The summed E-state index contributed by atoms with van der Waals surface area (Å²) in [5.41, 5.74) is 3.07. The Morgan fingerprint density at radius 1 is 0.923 bits per heavy atom. The number of anilines is 2. The van der Waals surface area contributed by atoms with Crippen LogP contribution < -0.4 is 16.0 Å². The van der Waals surface area contributed by atoms with Crippen LogP contribution >= 0.6 is 0 Å². The molecule has 0 spiro atoms. The van der Waals surface area contributed by atoms with Crippen molar-refractivity contribution in [3.05, 3.63) is 59.7 Å². The molecule has 26 heavy (non-hydrogen) atoms. The van der Waals surface area contributed by atoms with E-state index in [4.69, 9.17) is 0 Å². The van der Waals surface area contributed by atoms with Crippen LogP contribution in [0.3, 0.4) is 0 Å². The Balaban J connectivity index is 1.86. The first kappa shape index (κ1) is 19.5. The summed E-state index contributed by atoms with van der Waals surface area (Å²) in [6, 6.07) is 14.7. The molecule has 0 aromatic heterocycles. The number of hydrogen-bond donors (Lipinski definition) is 3. The average Bonchev–Trinajstić information content (AvgIpc) is 2.62. The lowest BCUT2D eigenvalue weighted by Crippen LogP contribution is -2.42. The number of carbonyl (C=O) groups excluding carboxylic acids is 2. The fourth-order valence-electron chi connectivity index (χ4n) is 2.23. The zero-order valence-electron chi connectivity index (χ0n) is 15.8. The molecule has 0 atom stereocenters. The van der Waals surface area contributed by atoms with Crippen molar-refractivity contribution < 1.29 is 9.59 Å². The van der Waals surface area contributed by atoms with E-state index in [0.717, 1.165) is 23.4 Å². The van der Waals surface area contributed by atoms with Crippen molar-refractivity contribution in [2.24, 2.45) is 0 Å². The molecule has 0 aliphatic carbocycles. The van der Waals surface area contributed by atoms with E-state index in [0.29, 0.717) is 5.56 Å². The van der Waals surface area contributed by atoms with Crippen LogP contribution in [0.1, 0.15) is 43.1 Å². The van der Waals surface area contributed by atoms with Crippen molar-refractivity contribution in [3.63, 3.8) is 0 Å². The van der Waals surface area contributed by atoms with E-state index in [9.17, 15) is 9.59 Å². The second-order valence-electron chi connectivity index (χ2n) is 7.04. The largest absolute Gasteiger partial charge is 0.376 e. The first-order valence-corrected chi connectivity index (χ1v) is 8.82. The molecule has 5 nitrogen and oxygen atoms in total. The van der Waals surface area contributed by atoms with Gasteiger partial charge in [0.05, 0.1) is 6.54 Å². The van der Waals surface area contributed by atoms with Crippen molar-refractivity contribution in [2.45, 2.75) is 39.7 Å². The lowest BCUT2D eigenvalue weighted by Gasteiger charge is -2.24. The molecule has 0 saturated heterocycles. The highest BCUT2D eigenvalue weighted by Crippen LogP contribution is 2.13. The van der Waals surface area contributed by atoms with Gasteiger partial charge in [-0.1, -0.05) is 24.6 Å². The Morgan fingerprint density at radius 3 is 2.08 bits per heavy atom. The van der Waals surface area contributed by atoms with E-state index in [2.05, 4.69) is 16.0 Å². The van der Waals surface area contributed by atoms with Crippen LogP contribution in [0.25, 0.3) is 0 Å². The molecule has 2 rings (SSSR count). The summed E-state index contributed by atoms with van der Waals surface area (Å²) in [5, 5.41) is 8.89. The van der Waals surface area contributed by atoms with E-state index in [1.165, 1.54) is 0 Å². The first-order chi connectivity index (χ1) is 12.3. The fraction of sp³-hybridized carbons (Fsp3) is 0.333. The van der Waals surface area contributed by atoms with Gasteiger partial charge < -0.3 is 16.0 Å². The highest BCUT2D eigenvalue weighted by atomic mass is 16.2. The SMILES string of the molecule is CCC(C)(C)NC(=O)c1ccc(NCC(=O)Nc2ccc(C)cc2)cc1. The van der Waals surface area contributed by atoms with E-state index < -0.39 is 0 Å².